The predicted octanol–water partition coefficient (Wildman–Crippen LogP) is 2.15. The summed E-state index contributed by atoms with van der Waals surface area (Å²) in [6.07, 6.45) is 1.29. The standard InChI is InChI=1S/C17H21N3O3/c1-10-8-13-9-14(4-5-15(13)23-10)19-16(21)6-7-20-12(3)11(2)18-17(20)22/h4-5,9-10H,6-8H2,1-3H3,(H,18,22)(H,19,21). The number of aromatic nitrogens is 2. The molecule has 0 saturated heterocycles. The average molecular weight is 315 g/mol. The summed E-state index contributed by atoms with van der Waals surface area (Å²) < 4.78 is 7.24. The predicted molar refractivity (Wildman–Crippen MR) is 88.0 cm³/mol. The van der Waals surface area contributed by atoms with Crippen LogP contribution in [0.2, 0.25) is 0 Å². The third-order valence-corrected chi connectivity index (χ3v) is 4.23. The number of carbonyl (C=O) groups is 1. The molecule has 0 bridgehead atoms. The van der Waals surface area contributed by atoms with Crippen molar-refractivity contribution in [2.75, 3.05) is 5.32 Å². The van der Waals surface area contributed by atoms with Crippen LogP contribution in [-0.2, 0) is 17.8 Å². The van der Waals surface area contributed by atoms with Crippen molar-refractivity contribution in [1.82, 2.24) is 9.55 Å². The van der Waals surface area contributed by atoms with Crippen LogP contribution >= 0.6 is 0 Å². The Hall–Kier alpha value is -2.50. The Morgan fingerprint density at radius 2 is 2.22 bits per heavy atom. The number of imidazole rings is 1. The highest BCUT2D eigenvalue weighted by Gasteiger charge is 2.19. The molecule has 6 nitrogen and oxygen atoms in total. The minimum atomic E-state index is -0.170. The average Bonchev–Trinajstić information content (AvgIpc) is 2.96. The lowest BCUT2D eigenvalue weighted by Gasteiger charge is -2.08. The fourth-order valence-electron chi connectivity index (χ4n) is 2.88. The van der Waals surface area contributed by atoms with Gasteiger partial charge in [0.1, 0.15) is 11.9 Å². The number of fused-ring (bicyclic) bond motifs is 1. The van der Waals surface area contributed by atoms with E-state index in [2.05, 4.69) is 10.3 Å². The quantitative estimate of drug-likeness (QED) is 0.907. The molecule has 3 rings (SSSR count). The lowest BCUT2D eigenvalue weighted by atomic mass is 10.1. The van der Waals surface area contributed by atoms with E-state index in [4.69, 9.17) is 4.74 Å². The lowest BCUT2D eigenvalue weighted by Crippen LogP contribution is -2.22. The smallest absolute Gasteiger partial charge is 0.325 e. The summed E-state index contributed by atoms with van der Waals surface area (Å²) in [5.74, 6) is 0.780. The van der Waals surface area contributed by atoms with Crippen LogP contribution < -0.4 is 15.7 Å². The third-order valence-electron chi connectivity index (χ3n) is 4.23. The van der Waals surface area contributed by atoms with Gasteiger partial charge in [-0.25, -0.2) is 4.79 Å². The molecule has 1 aliphatic heterocycles. The maximum atomic E-state index is 12.1. The molecule has 23 heavy (non-hydrogen) atoms. The van der Waals surface area contributed by atoms with E-state index in [1.54, 1.807) is 4.57 Å². The number of nitrogens with one attached hydrogen (secondary N) is 2. The first-order valence-electron chi connectivity index (χ1n) is 7.79. The molecule has 1 unspecified atom stereocenters. The Labute approximate surface area is 134 Å². The number of carbonyl (C=O) groups excluding carboxylic acids is 1. The molecule has 1 aromatic carbocycles. The molecule has 6 heteroatoms. The lowest BCUT2D eigenvalue weighted by molar-refractivity contribution is -0.116. The van der Waals surface area contributed by atoms with Gasteiger partial charge in [0.2, 0.25) is 5.91 Å². The molecule has 2 N–H and O–H groups in total. The molecule has 2 aromatic rings. The number of aryl methyl sites for hydroxylation is 1. The van der Waals surface area contributed by atoms with Crippen LogP contribution in [0.15, 0.2) is 23.0 Å². The van der Waals surface area contributed by atoms with Crippen molar-refractivity contribution in [1.29, 1.82) is 0 Å². The van der Waals surface area contributed by atoms with Gasteiger partial charge >= 0.3 is 5.69 Å². The van der Waals surface area contributed by atoms with Gasteiger partial charge in [0.15, 0.2) is 0 Å². The van der Waals surface area contributed by atoms with E-state index in [1.165, 1.54) is 0 Å². The zero-order chi connectivity index (χ0) is 16.6. The number of hydrogen-bond acceptors (Lipinski definition) is 3. The third kappa shape index (κ3) is 3.16. The molecule has 0 spiro atoms. The van der Waals surface area contributed by atoms with Crippen LogP contribution in [0.3, 0.4) is 0 Å². The van der Waals surface area contributed by atoms with Gasteiger partial charge in [-0.15, -0.1) is 0 Å². The van der Waals surface area contributed by atoms with E-state index in [1.807, 2.05) is 39.0 Å². The number of ether oxygens (including phenoxy) is 1. The van der Waals surface area contributed by atoms with Crippen LogP contribution in [0.25, 0.3) is 0 Å². The Kier molecular flexibility index (Phi) is 3.98. The number of aromatic amines is 1. The highest BCUT2D eigenvalue weighted by molar-refractivity contribution is 5.90. The van der Waals surface area contributed by atoms with E-state index in [0.717, 1.165) is 34.8 Å². The minimum Gasteiger partial charge on any atom is -0.490 e. The topological polar surface area (TPSA) is 76.1 Å². The van der Waals surface area contributed by atoms with Gasteiger partial charge in [-0.05, 0) is 44.5 Å². The number of H-pyrrole nitrogens is 1. The summed E-state index contributed by atoms with van der Waals surface area (Å²) in [6.45, 7) is 6.11. The SMILES string of the molecule is Cc1[nH]c(=O)n(CCC(=O)Nc2ccc3c(c2)CC(C)O3)c1C. The second kappa shape index (κ2) is 5.95. The Balaban J connectivity index is 1.62. The zero-order valence-electron chi connectivity index (χ0n) is 13.6. The number of rotatable bonds is 4. The van der Waals surface area contributed by atoms with Gasteiger partial charge in [-0.1, -0.05) is 0 Å². The molecule has 0 fully saturated rings. The molecule has 2 heterocycles. The first-order valence-corrected chi connectivity index (χ1v) is 7.79. The van der Waals surface area contributed by atoms with Crippen molar-refractivity contribution in [3.05, 3.63) is 45.6 Å². The highest BCUT2D eigenvalue weighted by Crippen LogP contribution is 2.30. The molecule has 1 amide bonds. The summed E-state index contributed by atoms with van der Waals surface area (Å²) in [5, 5.41) is 2.88. The van der Waals surface area contributed by atoms with Gasteiger partial charge in [-0.2, -0.15) is 0 Å². The summed E-state index contributed by atoms with van der Waals surface area (Å²) in [5.41, 5.74) is 3.41. The minimum absolute atomic E-state index is 0.109. The zero-order valence-corrected chi connectivity index (χ0v) is 13.6. The van der Waals surface area contributed by atoms with Gasteiger partial charge < -0.3 is 15.0 Å². The van der Waals surface area contributed by atoms with Gasteiger partial charge in [0.25, 0.3) is 0 Å². The second-order valence-corrected chi connectivity index (χ2v) is 6.05. The first kappa shape index (κ1) is 15.4. The number of anilines is 1. The van der Waals surface area contributed by atoms with Crippen molar-refractivity contribution >= 4 is 11.6 Å². The van der Waals surface area contributed by atoms with E-state index < -0.39 is 0 Å². The molecule has 1 aromatic heterocycles. The van der Waals surface area contributed by atoms with Gasteiger partial charge in [0, 0.05) is 36.5 Å². The number of benzene rings is 1. The fraction of sp³-hybridized carbons (Fsp3) is 0.412. The van der Waals surface area contributed by atoms with Crippen LogP contribution in [0.5, 0.6) is 5.75 Å². The summed E-state index contributed by atoms with van der Waals surface area (Å²) in [7, 11) is 0. The summed E-state index contributed by atoms with van der Waals surface area (Å²) in [4.78, 5) is 26.6. The largest absolute Gasteiger partial charge is 0.490 e. The highest BCUT2D eigenvalue weighted by atomic mass is 16.5. The van der Waals surface area contributed by atoms with Gasteiger partial charge in [-0.3, -0.25) is 9.36 Å². The second-order valence-electron chi connectivity index (χ2n) is 6.05. The molecule has 1 atom stereocenters. The maximum absolute atomic E-state index is 12.1. The van der Waals surface area contributed by atoms with Crippen LogP contribution in [0.4, 0.5) is 5.69 Å². The van der Waals surface area contributed by atoms with Crippen molar-refractivity contribution < 1.29 is 9.53 Å². The molecular formula is C17H21N3O3. The van der Waals surface area contributed by atoms with Crippen molar-refractivity contribution in [2.45, 2.75) is 46.3 Å². The first-order chi connectivity index (χ1) is 10.9. The molecule has 122 valence electrons. The van der Waals surface area contributed by atoms with Crippen molar-refractivity contribution in [2.24, 2.45) is 0 Å². The van der Waals surface area contributed by atoms with Crippen molar-refractivity contribution in [3.8, 4) is 5.75 Å². The molecule has 0 aliphatic carbocycles. The number of amides is 1. The monoisotopic (exact) mass is 315 g/mol. The normalized spacial score (nSPS) is 16.0. The Bertz CT molecular complexity index is 804. The number of nitrogens with zero attached hydrogens (tertiary/aromatic N) is 1. The van der Waals surface area contributed by atoms with Crippen LogP contribution in [-0.4, -0.2) is 21.6 Å². The fourth-order valence-corrected chi connectivity index (χ4v) is 2.88. The molecular weight excluding hydrogens is 294 g/mol. The Morgan fingerprint density at radius 3 is 2.91 bits per heavy atom. The Morgan fingerprint density at radius 1 is 1.43 bits per heavy atom. The summed E-state index contributed by atoms with van der Waals surface area (Å²) >= 11 is 0. The van der Waals surface area contributed by atoms with E-state index in [9.17, 15) is 9.59 Å². The maximum Gasteiger partial charge on any atom is 0.325 e. The van der Waals surface area contributed by atoms with Gasteiger partial charge in [0.05, 0.1) is 0 Å². The van der Waals surface area contributed by atoms with E-state index in [0.29, 0.717) is 6.54 Å². The molecule has 1 aliphatic rings. The van der Waals surface area contributed by atoms with Crippen LogP contribution in [0, 0.1) is 13.8 Å². The molecule has 0 saturated carbocycles. The van der Waals surface area contributed by atoms with E-state index >= 15 is 0 Å². The molecule has 0 radical (unpaired) electrons. The summed E-state index contributed by atoms with van der Waals surface area (Å²) in [6, 6.07) is 5.68. The van der Waals surface area contributed by atoms with E-state index in [-0.39, 0.29) is 24.1 Å². The van der Waals surface area contributed by atoms with Crippen molar-refractivity contribution in [3.63, 3.8) is 0 Å². The number of hydrogen-bond donors (Lipinski definition) is 2. The van der Waals surface area contributed by atoms with Crippen LogP contribution in [0.1, 0.15) is 30.3 Å².